The minimum atomic E-state index is -0.120. The molecule has 3 heteroatoms. The first-order chi connectivity index (χ1) is 9.69. The fourth-order valence-electron chi connectivity index (χ4n) is 2.02. The van der Waals surface area contributed by atoms with Crippen molar-refractivity contribution in [2.75, 3.05) is 11.9 Å². The van der Waals surface area contributed by atoms with Gasteiger partial charge in [-0.1, -0.05) is 30.3 Å². The molecule has 0 spiro atoms. The van der Waals surface area contributed by atoms with Crippen LogP contribution in [0.15, 0.2) is 54.6 Å². The van der Waals surface area contributed by atoms with Crippen molar-refractivity contribution in [1.82, 2.24) is 0 Å². The summed E-state index contributed by atoms with van der Waals surface area (Å²) in [7, 11) is 0. The first kappa shape index (κ1) is 14.4. The van der Waals surface area contributed by atoms with E-state index in [-0.39, 0.29) is 18.8 Å². The molecule has 3 nitrogen and oxygen atoms in total. The van der Waals surface area contributed by atoms with Gasteiger partial charge in [0.2, 0.25) is 0 Å². The topological polar surface area (TPSA) is 41.5 Å². The Morgan fingerprint density at radius 1 is 1.00 bits per heavy atom. The summed E-state index contributed by atoms with van der Waals surface area (Å²) in [5.41, 5.74) is 2.03. The summed E-state index contributed by atoms with van der Waals surface area (Å²) in [6.45, 7) is 4.04. The summed E-state index contributed by atoms with van der Waals surface area (Å²) in [5.74, 6) is 0.847. The van der Waals surface area contributed by atoms with Crippen LogP contribution in [0.2, 0.25) is 0 Å². The molecule has 0 aliphatic carbocycles. The van der Waals surface area contributed by atoms with Crippen LogP contribution in [-0.4, -0.2) is 17.8 Å². The van der Waals surface area contributed by atoms with Crippen LogP contribution in [0.4, 0.5) is 5.69 Å². The average Bonchev–Trinajstić information content (AvgIpc) is 2.46. The second kappa shape index (κ2) is 6.96. The fraction of sp³-hybridized carbons (Fsp3) is 0.294. The van der Waals surface area contributed by atoms with Gasteiger partial charge in [0.25, 0.3) is 0 Å². The zero-order valence-corrected chi connectivity index (χ0v) is 11.9. The molecule has 20 heavy (non-hydrogen) atoms. The molecule has 2 N–H and O–H groups in total. The number of benzene rings is 2. The van der Waals surface area contributed by atoms with Crippen molar-refractivity contribution in [3.63, 3.8) is 0 Å². The van der Waals surface area contributed by atoms with Gasteiger partial charge in [0, 0.05) is 5.69 Å². The van der Waals surface area contributed by atoms with Gasteiger partial charge >= 0.3 is 0 Å². The van der Waals surface area contributed by atoms with Crippen molar-refractivity contribution < 1.29 is 9.84 Å². The van der Waals surface area contributed by atoms with Crippen LogP contribution in [0.25, 0.3) is 0 Å². The fourth-order valence-corrected chi connectivity index (χ4v) is 2.02. The molecule has 0 amide bonds. The van der Waals surface area contributed by atoms with Crippen molar-refractivity contribution in [3.8, 4) is 5.75 Å². The van der Waals surface area contributed by atoms with Gasteiger partial charge in [-0.05, 0) is 43.7 Å². The van der Waals surface area contributed by atoms with Crippen LogP contribution in [0.3, 0.4) is 0 Å². The normalized spacial score (nSPS) is 12.2. The molecular formula is C17H21NO2. The number of aliphatic hydroxyl groups is 1. The highest BCUT2D eigenvalue weighted by Crippen LogP contribution is 2.22. The molecule has 0 bridgehead atoms. The van der Waals surface area contributed by atoms with Crippen LogP contribution in [0.5, 0.6) is 5.75 Å². The zero-order chi connectivity index (χ0) is 14.4. The molecule has 0 aliphatic heterocycles. The Morgan fingerprint density at radius 2 is 1.65 bits per heavy atom. The summed E-state index contributed by atoms with van der Waals surface area (Å²) in [5, 5.41) is 12.9. The molecule has 0 aliphatic rings. The monoisotopic (exact) mass is 271 g/mol. The Hall–Kier alpha value is -2.00. The standard InChI is InChI=1S/C17H21NO2/c1-13(2)20-16-10-8-14(9-11-16)17(12-19)18-15-6-4-3-5-7-15/h3-11,13,17-19H,12H2,1-2H3. The molecule has 1 unspecified atom stereocenters. The molecule has 0 fully saturated rings. The molecule has 2 aromatic rings. The van der Waals surface area contributed by atoms with E-state index in [1.165, 1.54) is 0 Å². The highest BCUT2D eigenvalue weighted by Gasteiger charge is 2.10. The van der Waals surface area contributed by atoms with Gasteiger partial charge in [-0.2, -0.15) is 0 Å². The number of hydrogen-bond donors (Lipinski definition) is 2. The Kier molecular flexibility index (Phi) is 5.02. The van der Waals surface area contributed by atoms with Gasteiger partial charge in [-0.25, -0.2) is 0 Å². The molecule has 0 aromatic heterocycles. The Bertz CT molecular complexity index is 508. The molecule has 0 saturated heterocycles. The largest absolute Gasteiger partial charge is 0.491 e. The van der Waals surface area contributed by atoms with Gasteiger partial charge in [0.15, 0.2) is 0 Å². The van der Waals surface area contributed by atoms with Gasteiger partial charge < -0.3 is 15.2 Å². The number of ether oxygens (including phenoxy) is 1. The number of anilines is 1. The average molecular weight is 271 g/mol. The van der Waals surface area contributed by atoms with E-state index in [0.717, 1.165) is 17.0 Å². The van der Waals surface area contributed by atoms with E-state index in [9.17, 15) is 5.11 Å². The van der Waals surface area contributed by atoms with Crippen LogP contribution < -0.4 is 10.1 Å². The van der Waals surface area contributed by atoms with E-state index >= 15 is 0 Å². The van der Waals surface area contributed by atoms with Crippen LogP contribution >= 0.6 is 0 Å². The molecule has 106 valence electrons. The maximum atomic E-state index is 9.56. The van der Waals surface area contributed by atoms with E-state index in [1.807, 2.05) is 68.4 Å². The van der Waals surface area contributed by atoms with E-state index in [0.29, 0.717) is 0 Å². The lowest BCUT2D eigenvalue weighted by Crippen LogP contribution is -2.14. The van der Waals surface area contributed by atoms with Crippen molar-refractivity contribution in [1.29, 1.82) is 0 Å². The van der Waals surface area contributed by atoms with Gasteiger partial charge in [-0.15, -0.1) is 0 Å². The zero-order valence-electron chi connectivity index (χ0n) is 11.9. The number of aliphatic hydroxyl groups excluding tert-OH is 1. The number of para-hydroxylation sites is 1. The summed E-state index contributed by atoms with van der Waals surface area (Å²) in [6.07, 6.45) is 0.164. The van der Waals surface area contributed by atoms with E-state index < -0.39 is 0 Å². The first-order valence-electron chi connectivity index (χ1n) is 6.88. The molecule has 1 atom stereocenters. The third-order valence-corrected chi connectivity index (χ3v) is 2.95. The molecule has 2 aromatic carbocycles. The second-order valence-electron chi connectivity index (χ2n) is 4.98. The van der Waals surface area contributed by atoms with Gasteiger partial charge in [0.05, 0.1) is 18.8 Å². The molecule has 0 radical (unpaired) electrons. The predicted octanol–water partition coefficient (Wildman–Crippen LogP) is 3.62. The Labute approximate surface area is 120 Å². The van der Waals surface area contributed by atoms with Gasteiger partial charge in [0.1, 0.15) is 5.75 Å². The summed E-state index contributed by atoms with van der Waals surface area (Å²) in [4.78, 5) is 0. The van der Waals surface area contributed by atoms with E-state index in [4.69, 9.17) is 4.74 Å². The van der Waals surface area contributed by atoms with E-state index in [2.05, 4.69) is 5.32 Å². The second-order valence-corrected chi connectivity index (χ2v) is 4.98. The molecular weight excluding hydrogens is 250 g/mol. The van der Waals surface area contributed by atoms with Gasteiger partial charge in [-0.3, -0.25) is 0 Å². The van der Waals surface area contributed by atoms with Crippen LogP contribution in [0.1, 0.15) is 25.5 Å². The third-order valence-electron chi connectivity index (χ3n) is 2.95. The highest BCUT2D eigenvalue weighted by atomic mass is 16.5. The lowest BCUT2D eigenvalue weighted by atomic mass is 10.1. The van der Waals surface area contributed by atoms with Crippen molar-refractivity contribution in [3.05, 3.63) is 60.2 Å². The SMILES string of the molecule is CC(C)Oc1ccc(C(CO)Nc2ccccc2)cc1. The summed E-state index contributed by atoms with van der Waals surface area (Å²) >= 11 is 0. The van der Waals surface area contributed by atoms with Crippen LogP contribution in [0, 0.1) is 0 Å². The highest BCUT2D eigenvalue weighted by molar-refractivity contribution is 5.45. The lowest BCUT2D eigenvalue weighted by Gasteiger charge is -2.18. The maximum Gasteiger partial charge on any atom is 0.119 e. The summed E-state index contributed by atoms with van der Waals surface area (Å²) in [6, 6.07) is 17.6. The number of hydrogen-bond acceptors (Lipinski definition) is 3. The lowest BCUT2D eigenvalue weighted by molar-refractivity contribution is 0.242. The molecule has 2 rings (SSSR count). The maximum absolute atomic E-state index is 9.56. The third kappa shape index (κ3) is 4.00. The minimum absolute atomic E-state index is 0.0410. The quantitative estimate of drug-likeness (QED) is 0.843. The number of nitrogens with one attached hydrogen (secondary N) is 1. The van der Waals surface area contributed by atoms with Crippen molar-refractivity contribution in [2.45, 2.75) is 26.0 Å². The smallest absolute Gasteiger partial charge is 0.119 e. The van der Waals surface area contributed by atoms with Crippen molar-refractivity contribution in [2.24, 2.45) is 0 Å². The van der Waals surface area contributed by atoms with Crippen molar-refractivity contribution >= 4 is 5.69 Å². The first-order valence-corrected chi connectivity index (χ1v) is 6.88. The summed E-state index contributed by atoms with van der Waals surface area (Å²) < 4.78 is 5.62. The minimum Gasteiger partial charge on any atom is -0.491 e. The number of rotatable bonds is 6. The predicted molar refractivity (Wildman–Crippen MR) is 82.1 cm³/mol. The Balaban J connectivity index is 2.07. The molecule has 0 heterocycles. The van der Waals surface area contributed by atoms with Crippen LogP contribution in [-0.2, 0) is 0 Å². The van der Waals surface area contributed by atoms with E-state index in [1.54, 1.807) is 0 Å². The molecule has 0 saturated carbocycles. The Morgan fingerprint density at radius 3 is 2.20 bits per heavy atom.